The first-order valence-corrected chi connectivity index (χ1v) is 5.34. The Labute approximate surface area is 90.6 Å². The van der Waals surface area contributed by atoms with Gasteiger partial charge < -0.3 is 14.4 Å². The molecule has 4 nitrogen and oxygen atoms in total. The Morgan fingerprint density at radius 2 is 2.07 bits per heavy atom. The largest absolute Gasteiger partial charge is 0.444 e. The van der Waals surface area contributed by atoms with Crippen molar-refractivity contribution in [1.29, 1.82) is 0 Å². The highest BCUT2D eigenvalue weighted by Crippen LogP contribution is 2.22. The molecule has 1 rings (SSSR count). The Kier molecular flexibility index (Phi) is 3.72. The second-order valence-corrected chi connectivity index (χ2v) is 5.00. The summed E-state index contributed by atoms with van der Waals surface area (Å²) < 4.78 is 5.21. The Morgan fingerprint density at radius 1 is 1.47 bits per heavy atom. The number of ether oxygens (including phenoxy) is 1. The number of amides is 1. The Balaban J connectivity index is 2.21. The van der Waals surface area contributed by atoms with Crippen molar-refractivity contribution in [2.24, 2.45) is 5.92 Å². The van der Waals surface area contributed by atoms with E-state index >= 15 is 0 Å². The van der Waals surface area contributed by atoms with Crippen molar-refractivity contribution in [3.05, 3.63) is 0 Å². The van der Waals surface area contributed by atoms with Gasteiger partial charge in [-0.2, -0.15) is 0 Å². The van der Waals surface area contributed by atoms with Crippen LogP contribution in [0.1, 0.15) is 33.6 Å². The Hall–Kier alpha value is -1.06. The summed E-state index contributed by atoms with van der Waals surface area (Å²) in [6.45, 7) is 7.02. The molecular formula is C11H19NO3. The summed E-state index contributed by atoms with van der Waals surface area (Å²) in [4.78, 5) is 23.3. The predicted molar refractivity (Wildman–Crippen MR) is 56.6 cm³/mol. The summed E-state index contributed by atoms with van der Waals surface area (Å²) >= 11 is 0. The quantitative estimate of drug-likeness (QED) is 0.672. The molecule has 0 aromatic heterocycles. The Morgan fingerprint density at radius 3 is 2.53 bits per heavy atom. The normalized spacial score (nSPS) is 17.1. The number of hydrogen-bond acceptors (Lipinski definition) is 3. The fourth-order valence-corrected chi connectivity index (χ4v) is 1.53. The van der Waals surface area contributed by atoms with Crippen molar-refractivity contribution in [3.63, 3.8) is 0 Å². The molecule has 0 spiro atoms. The van der Waals surface area contributed by atoms with E-state index in [1.54, 1.807) is 4.90 Å². The van der Waals surface area contributed by atoms with Gasteiger partial charge >= 0.3 is 6.09 Å². The SMILES string of the molecule is CC(C)(C)OC(=O)N1CC(CCC=O)C1. The monoisotopic (exact) mass is 213 g/mol. The van der Waals surface area contributed by atoms with Gasteiger partial charge in [0.2, 0.25) is 0 Å². The molecule has 0 atom stereocenters. The fraction of sp³-hybridized carbons (Fsp3) is 0.818. The number of hydrogen-bond donors (Lipinski definition) is 0. The molecule has 1 aliphatic rings. The summed E-state index contributed by atoms with van der Waals surface area (Å²) in [5.41, 5.74) is -0.426. The van der Waals surface area contributed by atoms with Gasteiger partial charge in [0.15, 0.2) is 0 Å². The maximum atomic E-state index is 11.5. The number of nitrogens with zero attached hydrogens (tertiary/aromatic N) is 1. The van der Waals surface area contributed by atoms with Crippen LogP contribution in [0.5, 0.6) is 0 Å². The van der Waals surface area contributed by atoms with E-state index < -0.39 is 5.60 Å². The van der Waals surface area contributed by atoms with Crippen molar-refractivity contribution >= 4 is 12.4 Å². The van der Waals surface area contributed by atoms with E-state index in [4.69, 9.17) is 4.74 Å². The molecule has 1 saturated heterocycles. The summed E-state index contributed by atoms with van der Waals surface area (Å²) in [6.07, 6.45) is 2.15. The van der Waals surface area contributed by atoms with Crippen molar-refractivity contribution in [3.8, 4) is 0 Å². The highest BCUT2D eigenvalue weighted by Gasteiger charge is 2.32. The predicted octanol–water partition coefficient (Wildman–Crippen LogP) is 1.83. The number of carbonyl (C=O) groups is 2. The molecule has 0 unspecified atom stereocenters. The average Bonchev–Trinajstić information content (AvgIpc) is 1.98. The lowest BCUT2D eigenvalue weighted by Crippen LogP contribution is -2.51. The van der Waals surface area contributed by atoms with E-state index in [0.29, 0.717) is 12.3 Å². The highest BCUT2D eigenvalue weighted by atomic mass is 16.6. The lowest BCUT2D eigenvalue weighted by atomic mass is 9.96. The van der Waals surface area contributed by atoms with E-state index in [2.05, 4.69) is 0 Å². The molecule has 0 aromatic carbocycles. The topological polar surface area (TPSA) is 46.6 Å². The maximum absolute atomic E-state index is 11.5. The molecule has 0 aromatic rings. The molecular weight excluding hydrogens is 194 g/mol. The first-order valence-electron chi connectivity index (χ1n) is 5.34. The van der Waals surface area contributed by atoms with Gasteiger partial charge in [-0.05, 0) is 33.1 Å². The minimum atomic E-state index is -0.426. The zero-order valence-electron chi connectivity index (χ0n) is 9.66. The van der Waals surface area contributed by atoms with Crippen LogP contribution in [0, 0.1) is 5.92 Å². The third kappa shape index (κ3) is 3.90. The van der Waals surface area contributed by atoms with Crippen LogP contribution in [0.4, 0.5) is 4.79 Å². The molecule has 86 valence electrons. The van der Waals surface area contributed by atoms with Crippen molar-refractivity contribution in [2.45, 2.75) is 39.2 Å². The minimum absolute atomic E-state index is 0.246. The van der Waals surface area contributed by atoms with Gasteiger partial charge in [-0.15, -0.1) is 0 Å². The van der Waals surface area contributed by atoms with Crippen LogP contribution in [0.3, 0.4) is 0 Å². The van der Waals surface area contributed by atoms with Crippen molar-refractivity contribution in [2.75, 3.05) is 13.1 Å². The van der Waals surface area contributed by atoms with Gasteiger partial charge in [-0.1, -0.05) is 0 Å². The van der Waals surface area contributed by atoms with Crippen LogP contribution in [-0.4, -0.2) is 36.0 Å². The molecule has 1 aliphatic heterocycles. The Bertz CT molecular complexity index is 239. The lowest BCUT2D eigenvalue weighted by Gasteiger charge is -2.39. The lowest BCUT2D eigenvalue weighted by molar-refractivity contribution is -0.108. The van der Waals surface area contributed by atoms with E-state index in [9.17, 15) is 9.59 Å². The van der Waals surface area contributed by atoms with Crippen LogP contribution in [0.15, 0.2) is 0 Å². The highest BCUT2D eigenvalue weighted by molar-refractivity contribution is 5.69. The van der Waals surface area contributed by atoms with Crippen LogP contribution in [0.2, 0.25) is 0 Å². The molecule has 0 radical (unpaired) electrons. The summed E-state index contributed by atoms with van der Waals surface area (Å²) in [5.74, 6) is 0.475. The standard InChI is InChI=1S/C11H19NO3/c1-11(2,3)15-10(14)12-7-9(8-12)5-4-6-13/h6,9H,4-5,7-8H2,1-3H3. The van der Waals surface area contributed by atoms with E-state index in [0.717, 1.165) is 25.8 Å². The maximum Gasteiger partial charge on any atom is 0.410 e. The van der Waals surface area contributed by atoms with Crippen molar-refractivity contribution < 1.29 is 14.3 Å². The van der Waals surface area contributed by atoms with E-state index in [-0.39, 0.29) is 6.09 Å². The average molecular weight is 213 g/mol. The van der Waals surface area contributed by atoms with Gasteiger partial charge in [0.25, 0.3) is 0 Å². The number of likely N-dealkylation sites (tertiary alicyclic amines) is 1. The fourth-order valence-electron chi connectivity index (χ4n) is 1.53. The van der Waals surface area contributed by atoms with Gasteiger partial charge in [0.1, 0.15) is 11.9 Å². The molecule has 4 heteroatoms. The zero-order chi connectivity index (χ0) is 11.5. The van der Waals surface area contributed by atoms with Gasteiger partial charge in [-0.3, -0.25) is 0 Å². The minimum Gasteiger partial charge on any atom is -0.444 e. The van der Waals surface area contributed by atoms with Crippen LogP contribution in [-0.2, 0) is 9.53 Å². The van der Waals surface area contributed by atoms with E-state index in [1.807, 2.05) is 20.8 Å². The van der Waals surface area contributed by atoms with Crippen LogP contribution >= 0.6 is 0 Å². The third-order valence-corrected chi connectivity index (χ3v) is 2.30. The number of aldehydes is 1. The zero-order valence-corrected chi connectivity index (χ0v) is 9.66. The number of carbonyl (C=O) groups excluding carboxylic acids is 2. The van der Waals surface area contributed by atoms with Gasteiger partial charge in [0.05, 0.1) is 0 Å². The smallest absolute Gasteiger partial charge is 0.410 e. The second-order valence-electron chi connectivity index (χ2n) is 5.00. The van der Waals surface area contributed by atoms with Crippen LogP contribution in [0.25, 0.3) is 0 Å². The van der Waals surface area contributed by atoms with Crippen LogP contribution < -0.4 is 0 Å². The first kappa shape index (κ1) is 12.0. The molecule has 15 heavy (non-hydrogen) atoms. The second kappa shape index (κ2) is 4.64. The summed E-state index contributed by atoms with van der Waals surface area (Å²) in [7, 11) is 0. The molecule has 1 fully saturated rings. The molecule has 0 N–H and O–H groups in total. The summed E-state index contributed by atoms with van der Waals surface area (Å²) in [6, 6.07) is 0. The van der Waals surface area contributed by atoms with Gasteiger partial charge in [-0.25, -0.2) is 4.79 Å². The molecule has 0 saturated carbocycles. The first-order chi connectivity index (χ1) is 6.92. The van der Waals surface area contributed by atoms with E-state index in [1.165, 1.54) is 0 Å². The van der Waals surface area contributed by atoms with Gasteiger partial charge in [0, 0.05) is 19.5 Å². The van der Waals surface area contributed by atoms with Crippen molar-refractivity contribution in [1.82, 2.24) is 4.90 Å². The number of rotatable bonds is 3. The molecule has 1 amide bonds. The third-order valence-electron chi connectivity index (χ3n) is 2.30. The molecule has 1 heterocycles. The molecule has 0 bridgehead atoms. The summed E-state index contributed by atoms with van der Waals surface area (Å²) in [5, 5.41) is 0. The molecule has 0 aliphatic carbocycles.